The van der Waals surface area contributed by atoms with Crippen LogP contribution in [-0.4, -0.2) is 16.1 Å². The highest BCUT2D eigenvalue weighted by Gasteiger charge is 2.16. The van der Waals surface area contributed by atoms with Crippen molar-refractivity contribution in [3.63, 3.8) is 0 Å². The zero-order valence-corrected chi connectivity index (χ0v) is 14.0. The number of benzene rings is 2. The molecule has 1 N–H and O–H groups in total. The second-order valence-electron chi connectivity index (χ2n) is 5.07. The third kappa shape index (κ3) is 3.48. The molecule has 0 spiro atoms. The van der Waals surface area contributed by atoms with E-state index < -0.39 is 0 Å². The summed E-state index contributed by atoms with van der Waals surface area (Å²) in [6.45, 7) is 3.86. The van der Waals surface area contributed by atoms with Gasteiger partial charge in [-0.25, -0.2) is 4.98 Å². The Balaban J connectivity index is 1.69. The van der Waals surface area contributed by atoms with Crippen molar-refractivity contribution in [2.24, 2.45) is 0 Å². The fourth-order valence-electron chi connectivity index (χ4n) is 2.10. The van der Waals surface area contributed by atoms with Gasteiger partial charge in [-0.1, -0.05) is 42.1 Å². The van der Waals surface area contributed by atoms with Crippen LogP contribution in [0.15, 0.2) is 52.2 Å². The molecule has 1 amide bonds. The third-order valence-electron chi connectivity index (χ3n) is 3.26. The molecule has 5 heteroatoms. The molecular formula is C17H16N2OS2. The molecule has 22 heavy (non-hydrogen) atoms. The lowest BCUT2D eigenvalue weighted by Gasteiger charge is -2.11. The van der Waals surface area contributed by atoms with E-state index in [-0.39, 0.29) is 11.2 Å². The SMILES string of the molecule is Cc1csc(S[C@@H](C)C(=O)Nc2ccc3ccccc3c2)n1. The quantitative estimate of drug-likeness (QED) is 0.704. The lowest BCUT2D eigenvalue weighted by atomic mass is 10.1. The molecule has 1 aromatic heterocycles. The second kappa shape index (κ2) is 6.50. The maximum Gasteiger partial charge on any atom is 0.237 e. The zero-order chi connectivity index (χ0) is 15.5. The Hall–Kier alpha value is -1.85. The van der Waals surface area contributed by atoms with Gasteiger partial charge in [0.1, 0.15) is 0 Å². The number of aryl methyl sites for hydroxylation is 1. The minimum atomic E-state index is -0.183. The van der Waals surface area contributed by atoms with Crippen LogP contribution in [0.3, 0.4) is 0 Å². The number of hydrogen-bond donors (Lipinski definition) is 1. The van der Waals surface area contributed by atoms with Gasteiger partial charge in [-0.05, 0) is 36.8 Å². The minimum Gasteiger partial charge on any atom is -0.325 e. The zero-order valence-electron chi connectivity index (χ0n) is 12.4. The number of fused-ring (bicyclic) bond motifs is 1. The van der Waals surface area contributed by atoms with E-state index in [1.807, 2.05) is 55.6 Å². The van der Waals surface area contributed by atoms with Crippen molar-refractivity contribution in [3.8, 4) is 0 Å². The van der Waals surface area contributed by atoms with Gasteiger partial charge in [-0.15, -0.1) is 11.3 Å². The molecule has 0 unspecified atom stereocenters. The highest BCUT2D eigenvalue weighted by Crippen LogP contribution is 2.27. The summed E-state index contributed by atoms with van der Waals surface area (Å²) in [5.41, 5.74) is 1.82. The highest BCUT2D eigenvalue weighted by molar-refractivity contribution is 8.02. The van der Waals surface area contributed by atoms with Crippen LogP contribution >= 0.6 is 23.1 Å². The van der Waals surface area contributed by atoms with Gasteiger partial charge in [0.25, 0.3) is 0 Å². The van der Waals surface area contributed by atoms with Gasteiger partial charge in [0, 0.05) is 16.8 Å². The summed E-state index contributed by atoms with van der Waals surface area (Å²) in [6, 6.07) is 14.1. The van der Waals surface area contributed by atoms with E-state index in [0.717, 1.165) is 21.1 Å². The summed E-state index contributed by atoms with van der Waals surface area (Å²) < 4.78 is 0.929. The Labute approximate surface area is 137 Å². The van der Waals surface area contributed by atoms with Crippen molar-refractivity contribution in [1.29, 1.82) is 0 Å². The molecule has 0 saturated carbocycles. The monoisotopic (exact) mass is 328 g/mol. The third-order valence-corrected chi connectivity index (χ3v) is 5.45. The smallest absolute Gasteiger partial charge is 0.237 e. The van der Waals surface area contributed by atoms with E-state index in [9.17, 15) is 4.79 Å². The van der Waals surface area contributed by atoms with Crippen LogP contribution in [-0.2, 0) is 4.79 Å². The average molecular weight is 328 g/mol. The summed E-state index contributed by atoms with van der Waals surface area (Å²) in [7, 11) is 0. The first kappa shape index (κ1) is 15.1. The Morgan fingerprint density at radius 2 is 2.00 bits per heavy atom. The van der Waals surface area contributed by atoms with E-state index in [0.29, 0.717) is 0 Å². The molecule has 3 aromatic rings. The second-order valence-corrected chi connectivity index (χ2v) is 7.51. The predicted octanol–water partition coefficient (Wildman–Crippen LogP) is 4.72. The molecule has 3 nitrogen and oxygen atoms in total. The van der Waals surface area contributed by atoms with Crippen LogP contribution in [0.4, 0.5) is 5.69 Å². The molecule has 0 radical (unpaired) electrons. The van der Waals surface area contributed by atoms with E-state index in [2.05, 4.69) is 16.4 Å². The molecule has 0 aliphatic carbocycles. The van der Waals surface area contributed by atoms with Crippen molar-refractivity contribution in [3.05, 3.63) is 53.5 Å². The summed E-state index contributed by atoms with van der Waals surface area (Å²) >= 11 is 3.07. The fraction of sp³-hybridized carbons (Fsp3) is 0.176. The Morgan fingerprint density at radius 3 is 2.73 bits per heavy atom. The topological polar surface area (TPSA) is 42.0 Å². The largest absolute Gasteiger partial charge is 0.325 e. The number of rotatable bonds is 4. The maximum absolute atomic E-state index is 12.3. The number of anilines is 1. The molecule has 112 valence electrons. The van der Waals surface area contributed by atoms with Crippen LogP contribution in [0.5, 0.6) is 0 Å². The number of amides is 1. The van der Waals surface area contributed by atoms with Crippen molar-refractivity contribution in [1.82, 2.24) is 4.98 Å². The van der Waals surface area contributed by atoms with E-state index >= 15 is 0 Å². The number of hydrogen-bond acceptors (Lipinski definition) is 4. The lowest BCUT2D eigenvalue weighted by Crippen LogP contribution is -2.22. The van der Waals surface area contributed by atoms with Crippen molar-refractivity contribution in [2.75, 3.05) is 5.32 Å². The summed E-state index contributed by atoms with van der Waals surface area (Å²) in [6.07, 6.45) is 0. The van der Waals surface area contributed by atoms with Gasteiger partial charge in [-0.3, -0.25) is 4.79 Å². The standard InChI is InChI=1S/C17H16N2OS2/c1-11-10-21-17(18-11)22-12(2)16(20)19-15-8-7-13-5-3-4-6-14(13)9-15/h3-10,12H,1-2H3,(H,19,20)/t12-/m0/s1. The van der Waals surface area contributed by atoms with Crippen LogP contribution in [0, 0.1) is 6.92 Å². The predicted molar refractivity (Wildman–Crippen MR) is 94.7 cm³/mol. The first-order chi connectivity index (χ1) is 10.6. The first-order valence-corrected chi connectivity index (χ1v) is 8.76. The molecule has 0 aliphatic rings. The number of carbonyl (C=O) groups is 1. The van der Waals surface area contributed by atoms with Crippen molar-refractivity contribution in [2.45, 2.75) is 23.4 Å². The number of thioether (sulfide) groups is 1. The molecule has 0 fully saturated rings. The minimum absolute atomic E-state index is 0.00636. The molecular weight excluding hydrogens is 312 g/mol. The highest BCUT2D eigenvalue weighted by atomic mass is 32.2. The summed E-state index contributed by atoms with van der Waals surface area (Å²) in [5.74, 6) is -0.00636. The summed E-state index contributed by atoms with van der Waals surface area (Å²) in [4.78, 5) is 16.7. The molecule has 3 rings (SSSR count). The van der Waals surface area contributed by atoms with Crippen LogP contribution in [0.25, 0.3) is 10.8 Å². The number of nitrogens with one attached hydrogen (secondary N) is 1. The van der Waals surface area contributed by atoms with Gasteiger partial charge in [-0.2, -0.15) is 0 Å². The Bertz CT molecular complexity index is 813. The van der Waals surface area contributed by atoms with Crippen molar-refractivity contribution < 1.29 is 4.79 Å². The van der Waals surface area contributed by atoms with E-state index in [1.54, 1.807) is 11.3 Å². The fourth-order valence-corrected chi connectivity index (χ4v) is 4.09. The molecule has 0 bridgehead atoms. The van der Waals surface area contributed by atoms with Gasteiger partial charge in [0.2, 0.25) is 5.91 Å². The van der Waals surface area contributed by atoms with Gasteiger partial charge in [0.15, 0.2) is 4.34 Å². The van der Waals surface area contributed by atoms with E-state index in [4.69, 9.17) is 0 Å². The molecule has 0 aliphatic heterocycles. The molecule has 2 aromatic carbocycles. The van der Waals surface area contributed by atoms with Crippen molar-refractivity contribution >= 4 is 45.5 Å². The number of carbonyl (C=O) groups excluding carboxylic acids is 1. The van der Waals surface area contributed by atoms with Gasteiger partial charge in [0.05, 0.1) is 5.25 Å². The van der Waals surface area contributed by atoms with Crippen LogP contribution in [0.1, 0.15) is 12.6 Å². The van der Waals surface area contributed by atoms with Crippen LogP contribution in [0.2, 0.25) is 0 Å². The Morgan fingerprint density at radius 1 is 1.23 bits per heavy atom. The molecule has 1 heterocycles. The maximum atomic E-state index is 12.3. The number of thiazole rings is 1. The number of aromatic nitrogens is 1. The average Bonchev–Trinajstić information content (AvgIpc) is 2.92. The van der Waals surface area contributed by atoms with Crippen LogP contribution < -0.4 is 5.32 Å². The summed E-state index contributed by atoms with van der Waals surface area (Å²) in [5, 5.41) is 7.08. The first-order valence-electron chi connectivity index (χ1n) is 7.00. The van der Waals surface area contributed by atoms with Gasteiger partial charge >= 0.3 is 0 Å². The normalized spacial score (nSPS) is 12.3. The van der Waals surface area contributed by atoms with Gasteiger partial charge < -0.3 is 5.32 Å². The number of nitrogens with zero attached hydrogens (tertiary/aromatic N) is 1. The van der Waals surface area contributed by atoms with E-state index in [1.165, 1.54) is 17.1 Å². The Kier molecular flexibility index (Phi) is 4.45. The molecule has 1 atom stereocenters. The lowest BCUT2D eigenvalue weighted by molar-refractivity contribution is -0.115. The molecule has 0 saturated heterocycles.